The standard InChI is InChI=1S/C11H17N5OS/c12-8-9-10(13)14-18-11(9)16-3-1-2-15(4-5-16)6-7-17/h17H,1-7H2,(H2,13,14). The predicted molar refractivity (Wildman–Crippen MR) is 71.6 cm³/mol. The molecule has 0 bridgehead atoms. The number of nitrogens with two attached hydrogens (primary N) is 1. The van der Waals surface area contributed by atoms with Gasteiger partial charge in [0, 0.05) is 26.2 Å². The molecule has 0 aromatic carbocycles. The van der Waals surface area contributed by atoms with Crippen LogP contribution < -0.4 is 10.6 Å². The lowest BCUT2D eigenvalue weighted by atomic mass is 10.3. The molecule has 1 saturated heterocycles. The molecule has 1 aliphatic heterocycles. The number of nitrogen functional groups attached to an aromatic ring is 1. The van der Waals surface area contributed by atoms with Crippen LogP contribution in [0.25, 0.3) is 0 Å². The Kier molecular flexibility index (Phi) is 4.36. The summed E-state index contributed by atoms with van der Waals surface area (Å²) in [7, 11) is 0. The van der Waals surface area contributed by atoms with Crippen molar-refractivity contribution in [1.82, 2.24) is 9.27 Å². The number of anilines is 2. The lowest BCUT2D eigenvalue weighted by Crippen LogP contribution is -2.32. The summed E-state index contributed by atoms with van der Waals surface area (Å²) in [5.41, 5.74) is 6.18. The Morgan fingerprint density at radius 3 is 2.94 bits per heavy atom. The normalized spacial score (nSPS) is 17.4. The number of hydrogen-bond donors (Lipinski definition) is 2. The summed E-state index contributed by atoms with van der Waals surface area (Å²) < 4.78 is 4.05. The van der Waals surface area contributed by atoms with E-state index in [0.29, 0.717) is 17.9 Å². The molecule has 1 fully saturated rings. The number of hydrogen-bond acceptors (Lipinski definition) is 7. The molecule has 18 heavy (non-hydrogen) atoms. The Morgan fingerprint density at radius 2 is 2.22 bits per heavy atom. The summed E-state index contributed by atoms with van der Waals surface area (Å²) in [5, 5.41) is 18.9. The van der Waals surface area contributed by atoms with Crippen molar-refractivity contribution in [3.05, 3.63) is 5.56 Å². The van der Waals surface area contributed by atoms with Gasteiger partial charge in [-0.15, -0.1) is 0 Å². The van der Waals surface area contributed by atoms with Gasteiger partial charge in [0.15, 0.2) is 5.82 Å². The second kappa shape index (κ2) is 6.00. The highest BCUT2D eigenvalue weighted by atomic mass is 32.1. The van der Waals surface area contributed by atoms with Gasteiger partial charge < -0.3 is 15.7 Å². The van der Waals surface area contributed by atoms with E-state index in [9.17, 15) is 0 Å². The first-order valence-electron chi connectivity index (χ1n) is 5.99. The van der Waals surface area contributed by atoms with Gasteiger partial charge in [0.05, 0.1) is 6.61 Å². The maximum Gasteiger partial charge on any atom is 0.157 e. The smallest absolute Gasteiger partial charge is 0.157 e. The molecule has 98 valence electrons. The van der Waals surface area contributed by atoms with Gasteiger partial charge in [0.2, 0.25) is 0 Å². The van der Waals surface area contributed by atoms with Gasteiger partial charge in [-0.2, -0.15) is 9.64 Å². The topological polar surface area (TPSA) is 89.4 Å². The van der Waals surface area contributed by atoms with Gasteiger partial charge in [-0.25, -0.2) is 0 Å². The zero-order chi connectivity index (χ0) is 13.0. The number of nitriles is 1. The number of aliphatic hydroxyl groups excluding tert-OH is 1. The molecule has 0 spiro atoms. The number of aliphatic hydroxyl groups is 1. The van der Waals surface area contributed by atoms with E-state index in [-0.39, 0.29) is 6.61 Å². The Hall–Kier alpha value is -1.36. The molecule has 1 aromatic rings. The third-order valence-corrected chi connectivity index (χ3v) is 4.03. The molecule has 0 radical (unpaired) electrons. The van der Waals surface area contributed by atoms with Crippen LogP contribution in [-0.2, 0) is 0 Å². The van der Waals surface area contributed by atoms with Gasteiger partial charge in [0.25, 0.3) is 0 Å². The number of rotatable bonds is 3. The third-order valence-electron chi connectivity index (χ3n) is 3.10. The van der Waals surface area contributed by atoms with Crippen LogP contribution in [0.1, 0.15) is 12.0 Å². The Morgan fingerprint density at radius 1 is 1.39 bits per heavy atom. The first-order chi connectivity index (χ1) is 8.76. The second-order valence-corrected chi connectivity index (χ2v) is 5.02. The Balaban J connectivity index is 2.08. The summed E-state index contributed by atoms with van der Waals surface area (Å²) in [5.74, 6) is 0.328. The molecule has 1 aliphatic rings. The summed E-state index contributed by atoms with van der Waals surface area (Å²) in [6.45, 7) is 4.52. The molecule has 7 heteroatoms. The molecule has 0 amide bonds. The molecule has 2 rings (SSSR count). The van der Waals surface area contributed by atoms with E-state index in [1.807, 2.05) is 0 Å². The van der Waals surface area contributed by atoms with E-state index < -0.39 is 0 Å². The summed E-state index contributed by atoms with van der Waals surface area (Å²) in [4.78, 5) is 4.40. The molecule has 3 N–H and O–H groups in total. The SMILES string of the molecule is N#Cc1c(N)nsc1N1CCCN(CCO)CC1. The lowest BCUT2D eigenvalue weighted by molar-refractivity contribution is 0.204. The van der Waals surface area contributed by atoms with Crippen molar-refractivity contribution in [3.8, 4) is 6.07 Å². The Bertz CT molecular complexity index is 441. The van der Waals surface area contributed by atoms with Crippen LogP contribution >= 0.6 is 11.5 Å². The minimum absolute atomic E-state index is 0.191. The van der Waals surface area contributed by atoms with Crippen molar-refractivity contribution in [2.75, 3.05) is 50.0 Å². The fourth-order valence-corrected chi connectivity index (χ4v) is 2.97. The van der Waals surface area contributed by atoms with Crippen LogP contribution in [-0.4, -0.2) is 53.7 Å². The number of aromatic nitrogens is 1. The minimum atomic E-state index is 0.191. The van der Waals surface area contributed by atoms with Crippen molar-refractivity contribution in [3.63, 3.8) is 0 Å². The fraction of sp³-hybridized carbons (Fsp3) is 0.636. The van der Waals surface area contributed by atoms with Crippen LogP contribution in [0.4, 0.5) is 10.8 Å². The fourth-order valence-electron chi connectivity index (χ4n) is 2.15. The highest BCUT2D eigenvalue weighted by Gasteiger charge is 2.20. The third kappa shape index (κ3) is 2.72. The first-order valence-corrected chi connectivity index (χ1v) is 6.77. The van der Waals surface area contributed by atoms with Crippen LogP contribution in [0.2, 0.25) is 0 Å². The molecule has 1 aromatic heterocycles. The minimum Gasteiger partial charge on any atom is -0.395 e. The molecular formula is C11H17N5OS. The van der Waals surface area contributed by atoms with Crippen LogP contribution in [0.5, 0.6) is 0 Å². The monoisotopic (exact) mass is 267 g/mol. The highest BCUT2D eigenvalue weighted by molar-refractivity contribution is 7.10. The van der Waals surface area contributed by atoms with Crippen LogP contribution in [0.15, 0.2) is 0 Å². The molecule has 0 unspecified atom stereocenters. The maximum absolute atomic E-state index is 9.09. The molecular weight excluding hydrogens is 250 g/mol. The summed E-state index contributed by atoms with van der Waals surface area (Å²) in [6.07, 6.45) is 1.02. The zero-order valence-corrected chi connectivity index (χ0v) is 11.0. The first kappa shape index (κ1) is 13.1. The zero-order valence-electron chi connectivity index (χ0n) is 10.2. The van der Waals surface area contributed by atoms with Crippen LogP contribution in [0, 0.1) is 11.3 Å². The highest BCUT2D eigenvalue weighted by Crippen LogP contribution is 2.30. The molecule has 6 nitrogen and oxygen atoms in total. The number of β-amino-alcohol motifs (C(OH)–C–C–N with tert-alkyl or cyclic N) is 1. The molecule has 0 atom stereocenters. The second-order valence-electron chi connectivity index (χ2n) is 4.27. The summed E-state index contributed by atoms with van der Waals surface area (Å²) >= 11 is 1.29. The van der Waals surface area contributed by atoms with E-state index in [4.69, 9.17) is 16.1 Å². The lowest BCUT2D eigenvalue weighted by Gasteiger charge is -2.21. The number of nitrogens with zero attached hydrogens (tertiary/aromatic N) is 4. The van der Waals surface area contributed by atoms with E-state index in [2.05, 4.69) is 20.2 Å². The summed E-state index contributed by atoms with van der Waals surface area (Å²) in [6, 6.07) is 2.13. The predicted octanol–water partition coefficient (Wildman–Crippen LogP) is 0.101. The maximum atomic E-state index is 9.09. The Labute approximate surface area is 110 Å². The van der Waals surface area contributed by atoms with Gasteiger partial charge >= 0.3 is 0 Å². The molecule has 0 aliphatic carbocycles. The van der Waals surface area contributed by atoms with E-state index in [0.717, 1.165) is 37.6 Å². The van der Waals surface area contributed by atoms with Crippen molar-refractivity contribution in [2.45, 2.75) is 6.42 Å². The van der Waals surface area contributed by atoms with Gasteiger partial charge in [-0.1, -0.05) is 0 Å². The van der Waals surface area contributed by atoms with E-state index in [1.54, 1.807) is 0 Å². The van der Waals surface area contributed by atoms with Crippen molar-refractivity contribution >= 4 is 22.4 Å². The van der Waals surface area contributed by atoms with Gasteiger partial charge in [-0.05, 0) is 24.5 Å². The van der Waals surface area contributed by atoms with Gasteiger partial charge in [-0.3, -0.25) is 4.90 Å². The van der Waals surface area contributed by atoms with Crippen LogP contribution in [0.3, 0.4) is 0 Å². The van der Waals surface area contributed by atoms with Crippen molar-refractivity contribution < 1.29 is 5.11 Å². The molecule has 0 saturated carbocycles. The average Bonchev–Trinajstić information content (AvgIpc) is 2.59. The molecule has 2 heterocycles. The van der Waals surface area contributed by atoms with E-state index in [1.165, 1.54) is 11.5 Å². The van der Waals surface area contributed by atoms with Crippen molar-refractivity contribution in [2.24, 2.45) is 0 Å². The van der Waals surface area contributed by atoms with E-state index >= 15 is 0 Å². The quantitative estimate of drug-likeness (QED) is 0.807. The largest absolute Gasteiger partial charge is 0.395 e. The van der Waals surface area contributed by atoms with Gasteiger partial charge in [0.1, 0.15) is 16.6 Å². The average molecular weight is 267 g/mol. The van der Waals surface area contributed by atoms with Crippen molar-refractivity contribution in [1.29, 1.82) is 5.26 Å².